The average molecular weight is 525 g/mol. The lowest BCUT2D eigenvalue weighted by atomic mass is 9.49. The van der Waals surface area contributed by atoms with Gasteiger partial charge in [-0.1, -0.05) is 6.07 Å². The van der Waals surface area contributed by atoms with Crippen molar-refractivity contribution in [2.75, 3.05) is 26.7 Å². The van der Waals surface area contributed by atoms with Crippen LogP contribution < -0.4 is 9.47 Å². The van der Waals surface area contributed by atoms with Crippen LogP contribution in [0, 0.1) is 23.2 Å². The third kappa shape index (κ3) is 4.56. The molecule has 196 valence electrons. The maximum Gasteiger partial charge on any atom is 0.317 e. The van der Waals surface area contributed by atoms with E-state index in [2.05, 4.69) is 0 Å². The van der Waals surface area contributed by atoms with Gasteiger partial charge in [0, 0.05) is 13.1 Å². The van der Waals surface area contributed by atoms with E-state index >= 15 is 0 Å². The highest BCUT2D eigenvalue weighted by Gasteiger charge is 2.55. The number of nitrogens with zero attached hydrogens (tertiary/aromatic N) is 2. The molecule has 6 aliphatic rings. The maximum absolute atomic E-state index is 13.4. The third-order valence-electron chi connectivity index (χ3n) is 8.79. The highest BCUT2D eigenvalue weighted by atomic mass is 32.2. The quantitative estimate of drug-likeness (QED) is 0.308. The molecule has 4 bridgehead atoms. The van der Waals surface area contributed by atoms with Crippen LogP contribution in [0.5, 0.6) is 11.5 Å². The SMILES string of the molecule is COc1cc(/C=C2\SC(=O)N(CC(=O)N3CCCC3)C2=O)ccc1OC(=O)C12CC3CC(CC(C3)C1)C2. The topological polar surface area (TPSA) is 93.2 Å². The van der Waals surface area contributed by atoms with Gasteiger partial charge < -0.3 is 14.4 Å². The Morgan fingerprint density at radius 2 is 1.68 bits per heavy atom. The standard InChI is InChI=1S/C28H32N2O6S/c1-35-22-11-17(12-23-25(32)30(27(34)37-23)16-24(31)29-6-2-3-7-29)4-5-21(22)36-26(33)28-13-18-8-19(14-28)10-20(9-18)15-28/h4-5,11-12,18-20H,2-3,6-10,13-16H2,1H3/b23-12-. The number of rotatable bonds is 6. The van der Waals surface area contributed by atoms with Crippen LogP contribution in [-0.4, -0.2) is 59.6 Å². The minimum atomic E-state index is -0.473. The summed E-state index contributed by atoms with van der Waals surface area (Å²) in [5.41, 5.74) is 0.270. The van der Waals surface area contributed by atoms with Gasteiger partial charge in [-0.3, -0.25) is 24.1 Å². The molecule has 37 heavy (non-hydrogen) atoms. The molecule has 0 spiro atoms. The van der Waals surface area contributed by atoms with E-state index in [0.717, 1.165) is 48.8 Å². The molecule has 9 heteroatoms. The Bertz CT molecular complexity index is 1150. The third-order valence-corrected chi connectivity index (χ3v) is 9.69. The first-order chi connectivity index (χ1) is 17.8. The van der Waals surface area contributed by atoms with Gasteiger partial charge in [0.15, 0.2) is 11.5 Å². The van der Waals surface area contributed by atoms with Gasteiger partial charge in [-0.05, 0) is 105 Å². The van der Waals surface area contributed by atoms with Gasteiger partial charge in [0.2, 0.25) is 5.91 Å². The van der Waals surface area contributed by atoms with Gasteiger partial charge in [0.1, 0.15) is 6.54 Å². The zero-order valence-electron chi connectivity index (χ0n) is 21.1. The number of methoxy groups -OCH3 is 1. The Morgan fingerprint density at radius 1 is 1.03 bits per heavy atom. The summed E-state index contributed by atoms with van der Waals surface area (Å²) in [4.78, 5) is 54.2. The predicted octanol–water partition coefficient (Wildman–Crippen LogP) is 4.48. The van der Waals surface area contributed by atoms with Gasteiger partial charge in [0.25, 0.3) is 11.1 Å². The lowest BCUT2D eigenvalue weighted by Crippen LogP contribution is -2.51. The number of hydrogen-bond donors (Lipinski definition) is 0. The molecule has 3 amide bonds. The maximum atomic E-state index is 13.4. The fourth-order valence-corrected chi connectivity index (χ4v) is 8.25. The molecule has 6 fully saturated rings. The second-order valence-corrected chi connectivity index (χ2v) is 12.3. The lowest BCUT2D eigenvalue weighted by molar-refractivity contribution is -0.161. The first-order valence-electron chi connectivity index (χ1n) is 13.3. The summed E-state index contributed by atoms with van der Waals surface area (Å²) in [6.45, 7) is 1.11. The fraction of sp³-hybridized carbons (Fsp3) is 0.571. The van der Waals surface area contributed by atoms with Crippen LogP contribution in [0.25, 0.3) is 6.08 Å². The van der Waals surface area contributed by atoms with Crippen molar-refractivity contribution < 1.29 is 28.7 Å². The normalized spacial score (nSPS) is 31.5. The van der Waals surface area contributed by atoms with Crippen LogP contribution in [0.15, 0.2) is 23.1 Å². The van der Waals surface area contributed by atoms with Gasteiger partial charge in [-0.2, -0.15) is 0 Å². The van der Waals surface area contributed by atoms with Crippen molar-refractivity contribution in [3.05, 3.63) is 28.7 Å². The van der Waals surface area contributed by atoms with E-state index in [1.807, 2.05) is 0 Å². The number of amides is 3. The molecule has 0 atom stereocenters. The number of likely N-dealkylation sites (tertiary alicyclic amines) is 1. The number of benzene rings is 1. The van der Waals surface area contributed by atoms with E-state index in [0.29, 0.717) is 47.9 Å². The Balaban J connectivity index is 1.15. The van der Waals surface area contributed by atoms with Gasteiger partial charge in [-0.25, -0.2) is 0 Å². The second-order valence-electron chi connectivity index (χ2n) is 11.4. The number of thioether (sulfide) groups is 1. The largest absolute Gasteiger partial charge is 0.493 e. The van der Waals surface area contributed by atoms with Crippen molar-refractivity contribution in [2.45, 2.75) is 51.4 Å². The summed E-state index contributed by atoms with van der Waals surface area (Å²) in [5, 5.41) is -0.447. The van der Waals surface area contributed by atoms with Crippen LogP contribution in [0.4, 0.5) is 4.79 Å². The second kappa shape index (κ2) is 9.49. The summed E-state index contributed by atoms with van der Waals surface area (Å²) in [6.07, 6.45) is 10.0. The average Bonchev–Trinajstić information content (AvgIpc) is 3.49. The highest BCUT2D eigenvalue weighted by molar-refractivity contribution is 8.18. The zero-order chi connectivity index (χ0) is 25.7. The molecule has 4 aliphatic carbocycles. The van der Waals surface area contributed by atoms with Crippen LogP contribution in [0.2, 0.25) is 0 Å². The first kappa shape index (κ1) is 24.5. The minimum Gasteiger partial charge on any atom is -0.493 e. The van der Waals surface area contributed by atoms with Crippen molar-refractivity contribution in [1.29, 1.82) is 0 Å². The summed E-state index contributed by atoms with van der Waals surface area (Å²) >= 11 is 0.823. The van der Waals surface area contributed by atoms with E-state index in [1.165, 1.54) is 26.4 Å². The number of esters is 1. The van der Waals surface area contributed by atoms with Crippen molar-refractivity contribution in [3.8, 4) is 11.5 Å². The highest BCUT2D eigenvalue weighted by Crippen LogP contribution is 2.60. The summed E-state index contributed by atoms with van der Waals surface area (Å²) < 4.78 is 11.5. The van der Waals surface area contributed by atoms with E-state index < -0.39 is 11.1 Å². The summed E-state index contributed by atoms with van der Waals surface area (Å²) in [5.74, 6) is 1.87. The zero-order valence-corrected chi connectivity index (χ0v) is 21.9. The molecule has 0 N–H and O–H groups in total. The van der Waals surface area contributed by atoms with Crippen LogP contribution in [0.3, 0.4) is 0 Å². The molecule has 7 rings (SSSR count). The van der Waals surface area contributed by atoms with Crippen LogP contribution in [-0.2, 0) is 14.4 Å². The van der Waals surface area contributed by atoms with E-state index in [4.69, 9.17) is 9.47 Å². The first-order valence-corrected chi connectivity index (χ1v) is 14.1. The summed E-state index contributed by atoms with van der Waals surface area (Å²) in [7, 11) is 1.51. The molecule has 2 heterocycles. The molecule has 0 radical (unpaired) electrons. The Labute approximate surface area is 220 Å². The van der Waals surface area contributed by atoms with Crippen LogP contribution >= 0.6 is 11.8 Å². The molecule has 0 unspecified atom stereocenters. The van der Waals surface area contributed by atoms with Gasteiger partial charge in [-0.15, -0.1) is 0 Å². The lowest BCUT2D eigenvalue weighted by Gasteiger charge is -2.55. The van der Waals surface area contributed by atoms with Crippen LogP contribution in [0.1, 0.15) is 56.9 Å². The van der Waals surface area contributed by atoms with Gasteiger partial charge >= 0.3 is 5.97 Å². The van der Waals surface area contributed by atoms with Gasteiger partial charge in [0.05, 0.1) is 17.4 Å². The number of hydrogen-bond acceptors (Lipinski definition) is 7. The molecule has 0 aromatic heterocycles. The monoisotopic (exact) mass is 524 g/mol. The van der Waals surface area contributed by atoms with Crippen molar-refractivity contribution in [2.24, 2.45) is 23.2 Å². The molecular weight excluding hydrogens is 492 g/mol. The molecule has 1 aromatic rings. The number of imide groups is 1. The van der Waals surface area contributed by atoms with Crippen molar-refractivity contribution >= 4 is 40.9 Å². The molecule has 4 saturated carbocycles. The Kier molecular flexibility index (Phi) is 6.29. The predicted molar refractivity (Wildman–Crippen MR) is 138 cm³/mol. The number of carbonyl (C=O) groups is 4. The molecule has 8 nitrogen and oxygen atoms in total. The van der Waals surface area contributed by atoms with Crippen molar-refractivity contribution in [1.82, 2.24) is 9.80 Å². The Morgan fingerprint density at radius 3 is 2.30 bits per heavy atom. The Hall–Kier alpha value is -2.81. The molecular formula is C28H32N2O6S. The van der Waals surface area contributed by atoms with E-state index in [-0.39, 0.29) is 28.7 Å². The van der Waals surface area contributed by atoms with Crippen molar-refractivity contribution in [3.63, 3.8) is 0 Å². The molecule has 1 aromatic carbocycles. The number of carbonyl (C=O) groups excluding carboxylic acids is 4. The number of ether oxygens (including phenoxy) is 2. The fourth-order valence-electron chi connectivity index (χ4n) is 7.42. The van der Waals surface area contributed by atoms with E-state index in [9.17, 15) is 19.2 Å². The summed E-state index contributed by atoms with van der Waals surface area (Å²) in [6, 6.07) is 5.13. The molecule has 2 saturated heterocycles. The minimum absolute atomic E-state index is 0.151. The molecule has 2 aliphatic heterocycles. The smallest absolute Gasteiger partial charge is 0.317 e. The van der Waals surface area contributed by atoms with E-state index in [1.54, 1.807) is 29.2 Å².